The van der Waals surface area contributed by atoms with E-state index in [-0.39, 0.29) is 0 Å². The molecule has 0 saturated carbocycles. The molecule has 1 unspecified atom stereocenters. The average Bonchev–Trinajstić information content (AvgIpc) is 2.15. The first kappa shape index (κ1) is 15.0. The first-order valence-corrected chi connectivity index (χ1v) is 13.5. The molecule has 96 valence electrons. The molecule has 0 saturated heterocycles. The monoisotopic (exact) mass is 284 g/mol. The SMILES string of the molecule is Cc1cc([Si](C)(C)C)cc([Si](C)(Cl)C(C)C)c1. The summed E-state index contributed by atoms with van der Waals surface area (Å²) in [5, 5.41) is 2.94. The Balaban J connectivity index is 3.33. The third-order valence-corrected chi connectivity index (χ3v) is 11.2. The molecule has 0 amide bonds. The molecule has 17 heavy (non-hydrogen) atoms. The van der Waals surface area contributed by atoms with Crippen molar-refractivity contribution in [1.82, 2.24) is 0 Å². The van der Waals surface area contributed by atoms with E-state index in [1.54, 1.807) is 0 Å². The molecule has 3 heteroatoms. The number of hydrogen-bond acceptors (Lipinski definition) is 0. The molecule has 0 nitrogen and oxygen atoms in total. The van der Waals surface area contributed by atoms with Crippen molar-refractivity contribution in [2.75, 3.05) is 0 Å². The summed E-state index contributed by atoms with van der Waals surface area (Å²) in [4.78, 5) is 0. The molecule has 0 spiro atoms. The Morgan fingerprint density at radius 1 is 0.941 bits per heavy atom. The summed E-state index contributed by atoms with van der Waals surface area (Å²) < 4.78 is 0. The molecule has 0 aliphatic rings. The molecule has 0 aliphatic carbocycles. The molecule has 1 aromatic carbocycles. The summed E-state index contributed by atoms with van der Waals surface area (Å²) in [6, 6.07) is 7.03. The molecule has 1 aromatic rings. The number of rotatable bonds is 3. The van der Waals surface area contributed by atoms with Crippen LogP contribution < -0.4 is 10.4 Å². The van der Waals surface area contributed by atoms with Crippen molar-refractivity contribution in [2.24, 2.45) is 0 Å². The molecular weight excluding hydrogens is 260 g/mol. The van der Waals surface area contributed by atoms with Crippen LogP contribution in [0.5, 0.6) is 0 Å². The summed E-state index contributed by atoms with van der Waals surface area (Å²) in [6.45, 7) is 16.1. The fourth-order valence-corrected chi connectivity index (χ4v) is 5.17. The minimum Gasteiger partial charge on any atom is -0.161 e. The Bertz CT molecular complexity index is 403. The standard InChI is InChI=1S/C14H25ClSi2/c1-11(2)17(7,15)14-9-12(3)8-13(10-14)16(4,5)6/h8-11H,1-7H3. The molecular formula is C14H25ClSi2. The highest BCUT2D eigenvalue weighted by molar-refractivity contribution is 7.27. The molecule has 0 N–H and O–H groups in total. The van der Waals surface area contributed by atoms with Crippen molar-refractivity contribution in [3.8, 4) is 0 Å². The zero-order valence-corrected chi connectivity index (χ0v) is 14.9. The number of benzene rings is 1. The van der Waals surface area contributed by atoms with Crippen molar-refractivity contribution in [1.29, 1.82) is 0 Å². The maximum absolute atomic E-state index is 6.84. The van der Waals surface area contributed by atoms with Gasteiger partial charge in [-0.1, -0.05) is 69.0 Å². The number of halogens is 1. The molecule has 0 aromatic heterocycles. The van der Waals surface area contributed by atoms with Crippen LogP contribution in [-0.4, -0.2) is 15.5 Å². The summed E-state index contributed by atoms with van der Waals surface area (Å²) in [6.07, 6.45) is 0. The van der Waals surface area contributed by atoms with Crippen LogP contribution in [0.1, 0.15) is 19.4 Å². The summed E-state index contributed by atoms with van der Waals surface area (Å²) >= 11 is 6.84. The van der Waals surface area contributed by atoms with Gasteiger partial charge in [0.2, 0.25) is 0 Å². The highest BCUT2D eigenvalue weighted by Crippen LogP contribution is 2.24. The van der Waals surface area contributed by atoms with Crippen LogP contribution in [0.15, 0.2) is 18.2 Å². The van der Waals surface area contributed by atoms with Gasteiger partial charge < -0.3 is 0 Å². The van der Waals surface area contributed by atoms with E-state index < -0.39 is 15.5 Å². The normalized spacial score (nSPS) is 16.1. The van der Waals surface area contributed by atoms with Crippen LogP contribution in [0.4, 0.5) is 0 Å². The van der Waals surface area contributed by atoms with Crippen molar-refractivity contribution in [2.45, 2.75) is 52.5 Å². The van der Waals surface area contributed by atoms with E-state index in [2.05, 4.69) is 65.2 Å². The van der Waals surface area contributed by atoms with Gasteiger partial charge in [0.25, 0.3) is 0 Å². The summed E-state index contributed by atoms with van der Waals surface area (Å²) in [7, 11) is -3.05. The van der Waals surface area contributed by atoms with Gasteiger partial charge in [-0.05, 0) is 17.7 Å². The average molecular weight is 285 g/mol. The van der Waals surface area contributed by atoms with Crippen LogP contribution in [-0.2, 0) is 0 Å². The van der Waals surface area contributed by atoms with E-state index in [4.69, 9.17) is 11.1 Å². The van der Waals surface area contributed by atoms with Gasteiger partial charge in [0.05, 0.1) is 8.07 Å². The van der Waals surface area contributed by atoms with Gasteiger partial charge in [0.15, 0.2) is 7.38 Å². The second kappa shape index (κ2) is 4.90. The lowest BCUT2D eigenvalue weighted by Crippen LogP contribution is -2.47. The maximum Gasteiger partial charge on any atom is 0.186 e. The fourth-order valence-electron chi connectivity index (χ4n) is 1.83. The minimum absolute atomic E-state index is 0.570. The van der Waals surface area contributed by atoms with Crippen LogP contribution in [0.2, 0.25) is 31.7 Å². The number of aryl methyl sites for hydroxylation is 1. The zero-order valence-electron chi connectivity index (χ0n) is 12.2. The predicted molar refractivity (Wildman–Crippen MR) is 86.4 cm³/mol. The van der Waals surface area contributed by atoms with Gasteiger partial charge in [-0.3, -0.25) is 0 Å². The lowest BCUT2D eigenvalue weighted by molar-refractivity contribution is 1.04. The predicted octanol–water partition coefficient (Wildman–Crippen LogP) is 3.97. The maximum atomic E-state index is 6.84. The van der Waals surface area contributed by atoms with E-state index in [1.807, 2.05) is 0 Å². The van der Waals surface area contributed by atoms with Gasteiger partial charge in [-0.15, -0.1) is 0 Å². The lowest BCUT2D eigenvalue weighted by atomic mass is 10.2. The Morgan fingerprint density at radius 3 is 1.82 bits per heavy atom. The van der Waals surface area contributed by atoms with E-state index in [9.17, 15) is 0 Å². The van der Waals surface area contributed by atoms with E-state index in [0.29, 0.717) is 5.54 Å². The quantitative estimate of drug-likeness (QED) is 0.582. The van der Waals surface area contributed by atoms with Crippen molar-refractivity contribution in [3.63, 3.8) is 0 Å². The van der Waals surface area contributed by atoms with Gasteiger partial charge in [0.1, 0.15) is 0 Å². The van der Waals surface area contributed by atoms with Crippen LogP contribution in [0.3, 0.4) is 0 Å². The third-order valence-electron chi connectivity index (χ3n) is 3.59. The van der Waals surface area contributed by atoms with Crippen LogP contribution >= 0.6 is 11.1 Å². The van der Waals surface area contributed by atoms with Crippen LogP contribution in [0.25, 0.3) is 0 Å². The Morgan fingerprint density at radius 2 is 1.41 bits per heavy atom. The van der Waals surface area contributed by atoms with E-state index >= 15 is 0 Å². The highest BCUT2D eigenvalue weighted by Gasteiger charge is 2.32. The minimum atomic E-state index is -1.80. The van der Waals surface area contributed by atoms with Crippen molar-refractivity contribution < 1.29 is 0 Å². The summed E-state index contributed by atoms with van der Waals surface area (Å²) in [5.41, 5.74) is 1.93. The first-order chi connectivity index (χ1) is 7.55. The lowest BCUT2D eigenvalue weighted by Gasteiger charge is -2.27. The number of hydrogen-bond donors (Lipinski definition) is 0. The zero-order chi connectivity index (χ0) is 13.4. The van der Waals surface area contributed by atoms with Crippen LogP contribution in [0, 0.1) is 6.92 Å². The van der Waals surface area contributed by atoms with Crippen molar-refractivity contribution >= 4 is 36.9 Å². The molecule has 0 aliphatic heterocycles. The summed E-state index contributed by atoms with van der Waals surface area (Å²) in [5.74, 6) is 0. The van der Waals surface area contributed by atoms with Gasteiger partial charge >= 0.3 is 0 Å². The van der Waals surface area contributed by atoms with Gasteiger partial charge in [-0.2, -0.15) is 11.1 Å². The fraction of sp³-hybridized carbons (Fsp3) is 0.571. The first-order valence-electron chi connectivity index (χ1n) is 6.36. The topological polar surface area (TPSA) is 0 Å². The Hall–Kier alpha value is -0.0562. The molecule has 1 rings (SSSR count). The second-order valence-electron chi connectivity index (χ2n) is 6.57. The Kier molecular flexibility index (Phi) is 4.33. The highest BCUT2D eigenvalue weighted by atomic mass is 35.6. The van der Waals surface area contributed by atoms with Crippen molar-refractivity contribution in [3.05, 3.63) is 23.8 Å². The van der Waals surface area contributed by atoms with Gasteiger partial charge in [0, 0.05) is 0 Å². The smallest absolute Gasteiger partial charge is 0.161 e. The molecule has 0 heterocycles. The second-order valence-corrected chi connectivity index (χ2v) is 17.9. The van der Waals surface area contributed by atoms with E-state index in [0.717, 1.165) is 0 Å². The largest absolute Gasteiger partial charge is 0.186 e. The van der Waals surface area contributed by atoms with Gasteiger partial charge in [-0.25, -0.2) is 0 Å². The molecule has 0 radical (unpaired) electrons. The Labute approximate surface area is 113 Å². The third kappa shape index (κ3) is 3.46. The molecule has 0 bridgehead atoms. The van der Waals surface area contributed by atoms with E-state index in [1.165, 1.54) is 15.9 Å². The molecule has 0 fully saturated rings. The molecule has 1 atom stereocenters.